The van der Waals surface area contributed by atoms with E-state index in [2.05, 4.69) is 16.4 Å². The molecule has 1 aromatic heterocycles. The van der Waals surface area contributed by atoms with Crippen LogP contribution in [0.4, 0.5) is 0 Å². The van der Waals surface area contributed by atoms with Gasteiger partial charge in [0.25, 0.3) is 0 Å². The smallest absolute Gasteiger partial charge is 0.151 e. The van der Waals surface area contributed by atoms with E-state index in [-0.39, 0.29) is 0 Å². The second kappa shape index (κ2) is 5.17. The van der Waals surface area contributed by atoms with Crippen LogP contribution in [-0.4, -0.2) is 34.5 Å². The lowest BCUT2D eigenvalue weighted by Crippen LogP contribution is -2.43. The van der Waals surface area contributed by atoms with Crippen LogP contribution in [0.5, 0.6) is 0 Å². The van der Waals surface area contributed by atoms with E-state index in [1.807, 2.05) is 18.2 Å². The molecule has 0 radical (unpaired) electrons. The fourth-order valence-electron chi connectivity index (χ4n) is 2.15. The minimum atomic E-state index is -0.520. The molecule has 18 heavy (non-hydrogen) atoms. The van der Waals surface area contributed by atoms with Crippen LogP contribution in [-0.2, 0) is 0 Å². The summed E-state index contributed by atoms with van der Waals surface area (Å²) in [5.74, 6) is 0.745. The maximum Gasteiger partial charge on any atom is 0.151 e. The molecule has 2 aromatic rings. The summed E-state index contributed by atoms with van der Waals surface area (Å²) in [7, 11) is 0. The van der Waals surface area contributed by atoms with Gasteiger partial charge in [-0.15, -0.1) is 11.3 Å². The number of nitrogens with one attached hydrogen (secondary N) is 1. The van der Waals surface area contributed by atoms with Gasteiger partial charge in [0, 0.05) is 5.75 Å². The fraction of sp³-hybridized carbons (Fsp3) is 0.462. The Morgan fingerprint density at radius 2 is 2.11 bits per heavy atom. The van der Waals surface area contributed by atoms with Crippen LogP contribution < -0.4 is 5.32 Å². The molecule has 5 heteroatoms. The van der Waals surface area contributed by atoms with Crippen molar-refractivity contribution >= 4 is 33.3 Å². The minimum absolute atomic E-state index is 0.520. The Balaban J connectivity index is 1.69. The van der Waals surface area contributed by atoms with E-state index in [4.69, 9.17) is 0 Å². The van der Waals surface area contributed by atoms with Crippen LogP contribution in [0.2, 0.25) is 0 Å². The Kier molecular flexibility index (Phi) is 3.56. The van der Waals surface area contributed by atoms with E-state index in [1.165, 1.54) is 4.70 Å². The predicted molar refractivity (Wildman–Crippen MR) is 77.4 cm³/mol. The Hall–Kier alpha value is -0.620. The van der Waals surface area contributed by atoms with Gasteiger partial charge in [-0.05, 0) is 38.1 Å². The summed E-state index contributed by atoms with van der Waals surface area (Å²) in [6, 6.07) is 8.18. The highest BCUT2D eigenvalue weighted by molar-refractivity contribution is 8.01. The third-order valence-corrected chi connectivity index (χ3v) is 5.73. The molecule has 0 atom stereocenters. The van der Waals surface area contributed by atoms with E-state index in [0.29, 0.717) is 0 Å². The number of thioether (sulfide) groups is 1. The topological polar surface area (TPSA) is 45.2 Å². The van der Waals surface area contributed by atoms with Crippen LogP contribution in [0.25, 0.3) is 10.2 Å². The number of fused-ring (bicyclic) bond motifs is 1. The van der Waals surface area contributed by atoms with Gasteiger partial charge in [-0.2, -0.15) is 0 Å². The zero-order chi connectivity index (χ0) is 12.4. The molecule has 1 saturated heterocycles. The highest BCUT2D eigenvalue weighted by Crippen LogP contribution is 2.33. The standard InChI is InChI=1S/C13H16N2OS2/c16-13(5-7-14-8-6-13)9-17-12-15-10-3-1-2-4-11(10)18-12/h1-4,14,16H,5-9H2. The van der Waals surface area contributed by atoms with Gasteiger partial charge in [0.1, 0.15) is 0 Å². The summed E-state index contributed by atoms with van der Waals surface area (Å²) in [6.07, 6.45) is 1.68. The van der Waals surface area contributed by atoms with Crippen molar-refractivity contribution in [2.24, 2.45) is 0 Å². The lowest BCUT2D eigenvalue weighted by molar-refractivity contribution is 0.0339. The zero-order valence-corrected chi connectivity index (χ0v) is 11.7. The highest BCUT2D eigenvalue weighted by atomic mass is 32.2. The van der Waals surface area contributed by atoms with Crippen LogP contribution >= 0.6 is 23.1 Å². The van der Waals surface area contributed by atoms with Crippen LogP contribution in [0.1, 0.15) is 12.8 Å². The third-order valence-electron chi connectivity index (χ3n) is 3.27. The number of para-hydroxylation sites is 1. The first-order chi connectivity index (χ1) is 8.75. The van der Waals surface area contributed by atoms with Crippen molar-refractivity contribution in [2.45, 2.75) is 22.8 Å². The first kappa shape index (κ1) is 12.4. The molecular formula is C13H16N2OS2. The van der Waals surface area contributed by atoms with E-state index < -0.39 is 5.60 Å². The summed E-state index contributed by atoms with van der Waals surface area (Å²) in [6.45, 7) is 1.83. The third kappa shape index (κ3) is 2.69. The Morgan fingerprint density at radius 1 is 1.33 bits per heavy atom. The van der Waals surface area contributed by atoms with Gasteiger partial charge < -0.3 is 10.4 Å². The molecule has 96 valence electrons. The summed E-state index contributed by atoms with van der Waals surface area (Å²) in [5, 5.41) is 13.7. The largest absolute Gasteiger partial charge is 0.389 e. The molecule has 0 amide bonds. The lowest BCUT2D eigenvalue weighted by atomic mass is 9.95. The highest BCUT2D eigenvalue weighted by Gasteiger charge is 2.29. The Bertz CT molecular complexity index is 502. The van der Waals surface area contributed by atoms with Gasteiger partial charge in [-0.1, -0.05) is 23.9 Å². The first-order valence-electron chi connectivity index (χ1n) is 6.17. The number of hydrogen-bond donors (Lipinski definition) is 2. The van der Waals surface area contributed by atoms with Crippen molar-refractivity contribution in [3.63, 3.8) is 0 Å². The second-order valence-electron chi connectivity index (χ2n) is 4.71. The van der Waals surface area contributed by atoms with Crippen molar-refractivity contribution in [3.8, 4) is 0 Å². The predicted octanol–water partition coefficient (Wildman–Crippen LogP) is 2.50. The number of piperidine rings is 1. The number of rotatable bonds is 3. The number of hydrogen-bond acceptors (Lipinski definition) is 5. The molecule has 2 N–H and O–H groups in total. The van der Waals surface area contributed by atoms with Gasteiger partial charge in [-0.25, -0.2) is 4.98 Å². The average Bonchev–Trinajstić information content (AvgIpc) is 2.80. The molecule has 0 saturated carbocycles. The normalized spacial score (nSPS) is 19.2. The average molecular weight is 280 g/mol. The van der Waals surface area contributed by atoms with Crippen molar-refractivity contribution < 1.29 is 5.11 Å². The minimum Gasteiger partial charge on any atom is -0.389 e. The first-order valence-corrected chi connectivity index (χ1v) is 7.97. The SMILES string of the molecule is OC1(CSc2nc3ccccc3s2)CCNCC1. The number of aliphatic hydroxyl groups is 1. The molecular weight excluding hydrogens is 264 g/mol. The number of nitrogens with zero attached hydrogens (tertiary/aromatic N) is 1. The van der Waals surface area contributed by atoms with Gasteiger partial charge >= 0.3 is 0 Å². The molecule has 0 bridgehead atoms. The molecule has 1 aromatic carbocycles. The molecule has 3 rings (SSSR count). The maximum absolute atomic E-state index is 10.4. The van der Waals surface area contributed by atoms with Gasteiger partial charge in [0.15, 0.2) is 4.34 Å². The van der Waals surface area contributed by atoms with Crippen molar-refractivity contribution in [1.29, 1.82) is 0 Å². The molecule has 3 nitrogen and oxygen atoms in total. The quantitative estimate of drug-likeness (QED) is 0.848. The summed E-state index contributed by atoms with van der Waals surface area (Å²) in [5.41, 5.74) is 0.538. The molecule has 0 spiro atoms. The van der Waals surface area contributed by atoms with E-state index in [1.54, 1.807) is 23.1 Å². The Labute approximate surface area is 115 Å². The fourth-order valence-corrected chi connectivity index (χ4v) is 4.37. The zero-order valence-electron chi connectivity index (χ0n) is 10.1. The van der Waals surface area contributed by atoms with Crippen LogP contribution in [0.15, 0.2) is 28.6 Å². The van der Waals surface area contributed by atoms with Gasteiger partial charge in [0.05, 0.1) is 15.8 Å². The molecule has 0 unspecified atom stereocenters. The van der Waals surface area contributed by atoms with Gasteiger partial charge in [-0.3, -0.25) is 0 Å². The van der Waals surface area contributed by atoms with E-state index in [9.17, 15) is 5.11 Å². The monoisotopic (exact) mass is 280 g/mol. The second-order valence-corrected chi connectivity index (χ2v) is 6.96. The number of aromatic nitrogens is 1. The number of thiazole rings is 1. The molecule has 1 fully saturated rings. The summed E-state index contributed by atoms with van der Waals surface area (Å²) in [4.78, 5) is 4.58. The van der Waals surface area contributed by atoms with Crippen molar-refractivity contribution in [2.75, 3.05) is 18.8 Å². The molecule has 1 aliphatic rings. The number of benzene rings is 1. The summed E-state index contributed by atoms with van der Waals surface area (Å²) >= 11 is 3.39. The molecule has 0 aliphatic carbocycles. The van der Waals surface area contributed by atoms with E-state index >= 15 is 0 Å². The molecule has 2 heterocycles. The van der Waals surface area contributed by atoms with Crippen molar-refractivity contribution in [1.82, 2.24) is 10.3 Å². The Morgan fingerprint density at radius 3 is 2.89 bits per heavy atom. The maximum atomic E-state index is 10.4. The molecule has 1 aliphatic heterocycles. The van der Waals surface area contributed by atoms with Gasteiger partial charge in [0.2, 0.25) is 0 Å². The van der Waals surface area contributed by atoms with E-state index in [0.717, 1.165) is 41.5 Å². The van der Waals surface area contributed by atoms with Crippen LogP contribution in [0.3, 0.4) is 0 Å². The summed E-state index contributed by atoms with van der Waals surface area (Å²) < 4.78 is 2.28. The van der Waals surface area contributed by atoms with Crippen LogP contribution in [0, 0.1) is 0 Å². The van der Waals surface area contributed by atoms with Crippen molar-refractivity contribution in [3.05, 3.63) is 24.3 Å². The lowest BCUT2D eigenvalue weighted by Gasteiger charge is -2.31.